The Morgan fingerprint density at radius 3 is 2.43 bits per heavy atom. The van der Waals surface area contributed by atoms with Gasteiger partial charge in [-0.1, -0.05) is 29.8 Å². The normalized spacial score (nSPS) is 30.0. The summed E-state index contributed by atoms with van der Waals surface area (Å²) < 4.78 is 5.32. The Balaban J connectivity index is 2.21. The summed E-state index contributed by atoms with van der Waals surface area (Å²) in [5.41, 5.74) is 6.63. The van der Waals surface area contributed by atoms with Crippen LogP contribution in [0.25, 0.3) is 0 Å². The minimum absolute atomic E-state index is 0.166. The highest BCUT2D eigenvalue weighted by molar-refractivity contribution is 5.86. The Kier molecular flexibility index (Phi) is 1.86. The maximum atomic E-state index is 11.0. The predicted molar refractivity (Wildman–Crippen MR) is 52.6 cm³/mol. The summed E-state index contributed by atoms with van der Waals surface area (Å²) in [7, 11) is 0. The molecule has 3 heteroatoms. The first kappa shape index (κ1) is 9.21. The van der Waals surface area contributed by atoms with E-state index in [4.69, 9.17) is 10.5 Å². The van der Waals surface area contributed by atoms with Crippen LogP contribution in [0.4, 0.5) is 0 Å². The van der Waals surface area contributed by atoms with Crippen LogP contribution in [0.5, 0.6) is 0 Å². The molecule has 2 rings (SSSR count). The Hall–Kier alpha value is -1.35. The van der Waals surface area contributed by atoms with Crippen LogP contribution in [0.15, 0.2) is 24.3 Å². The van der Waals surface area contributed by atoms with Gasteiger partial charge in [0.05, 0.1) is 0 Å². The number of benzene rings is 1. The van der Waals surface area contributed by atoms with Crippen LogP contribution in [0.2, 0.25) is 0 Å². The minimum atomic E-state index is -0.796. The number of nitrogens with two attached hydrogens (primary N) is 1. The predicted octanol–water partition coefficient (Wildman–Crippen LogP) is 1.31. The highest BCUT2D eigenvalue weighted by Gasteiger charge is 2.58. The summed E-state index contributed by atoms with van der Waals surface area (Å²) in [4.78, 5) is 11.0. The molecule has 0 saturated carbocycles. The molecule has 3 nitrogen and oxygen atoms in total. The minimum Gasteiger partial charge on any atom is -0.367 e. The van der Waals surface area contributed by atoms with Crippen LogP contribution >= 0.6 is 0 Å². The zero-order valence-electron chi connectivity index (χ0n) is 8.28. The molecule has 1 fully saturated rings. The van der Waals surface area contributed by atoms with Crippen LogP contribution < -0.4 is 5.73 Å². The van der Waals surface area contributed by atoms with Gasteiger partial charge in [-0.05, 0) is 19.4 Å². The molecule has 1 saturated heterocycles. The summed E-state index contributed by atoms with van der Waals surface area (Å²) in [5, 5.41) is 0. The van der Waals surface area contributed by atoms with Crippen molar-refractivity contribution in [2.75, 3.05) is 0 Å². The Morgan fingerprint density at radius 2 is 2.00 bits per heavy atom. The van der Waals surface area contributed by atoms with Crippen molar-refractivity contribution in [1.82, 2.24) is 0 Å². The molecule has 0 aromatic heterocycles. The lowest BCUT2D eigenvalue weighted by Crippen LogP contribution is -2.29. The number of aryl methyl sites for hydroxylation is 1. The van der Waals surface area contributed by atoms with E-state index in [-0.39, 0.29) is 6.10 Å². The van der Waals surface area contributed by atoms with Crippen molar-refractivity contribution in [2.45, 2.75) is 25.6 Å². The van der Waals surface area contributed by atoms with Gasteiger partial charge in [-0.2, -0.15) is 0 Å². The van der Waals surface area contributed by atoms with Gasteiger partial charge in [0, 0.05) is 0 Å². The molecular formula is C11H13NO2. The van der Waals surface area contributed by atoms with Gasteiger partial charge in [-0.3, -0.25) is 4.79 Å². The molecule has 2 atom stereocenters. The third-order valence-electron chi connectivity index (χ3n) is 2.68. The number of hydrogen-bond acceptors (Lipinski definition) is 2. The second kappa shape index (κ2) is 2.82. The number of carbonyl (C=O) groups excluding carboxylic acids is 1. The molecule has 14 heavy (non-hydrogen) atoms. The smallest absolute Gasteiger partial charge is 0.252 e. The van der Waals surface area contributed by atoms with Gasteiger partial charge in [-0.25, -0.2) is 0 Å². The van der Waals surface area contributed by atoms with Crippen LogP contribution in [-0.2, 0) is 9.53 Å². The number of epoxide rings is 1. The number of rotatable bonds is 2. The van der Waals surface area contributed by atoms with Gasteiger partial charge in [0.2, 0.25) is 0 Å². The highest BCUT2D eigenvalue weighted by Crippen LogP contribution is 2.48. The van der Waals surface area contributed by atoms with Gasteiger partial charge in [0.1, 0.15) is 6.10 Å². The zero-order chi connectivity index (χ0) is 10.3. The van der Waals surface area contributed by atoms with Gasteiger partial charge in [0.25, 0.3) is 5.91 Å². The third-order valence-corrected chi connectivity index (χ3v) is 2.68. The molecule has 1 aromatic carbocycles. The van der Waals surface area contributed by atoms with E-state index in [1.54, 1.807) is 6.92 Å². The fraction of sp³-hybridized carbons (Fsp3) is 0.364. The van der Waals surface area contributed by atoms with Crippen LogP contribution in [-0.4, -0.2) is 11.5 Å². The molecule has 0 radical (unpaired) electrons. The van der Waals surface area contributed by atoms with Crippen LogP contribution in [0, 0.1) is 6.92 Å². The second-order valence-electron chi connectivity index (χ2n) is 3.88. The largest absolute Gasteiger partial charge is 0.367 e. The number of amides is 1. The number of ether oxygens (including phenoxy) is 1. The van der Waals surface area contributed by atoms with E-state index in [1.165, 1.54) is 5.56 Å². The zero-order valence-corrected chi connectivity index (χ0v) is 8.28. The molecule has 0 aliphatic carbocycles. The lowest BCUT2D eigenvalue weighted by molar-refractivity contribution is -0.122. The quantitative estimate of drug-likeness (QED) is 0.716. The number of hydrogen-bond donors (Lipinski definition) is 1. The summed E-state index contributed by atoms with van der Waals surface area (Å²) in [6, 6.07) is 7.93. The van der Waals surface area contributed by atoms with Gasteiger partial charge >= 0.3 is 0 Å². The van der Waals surface area contributed by atoms with Crippen LogP contribution in [0.3, 0.4) is 0 Å². The van der Waals surface area contributed by atoms with E-state index in [2.05, 4.69) is 0 Å². The van der Waals surface area contributed by atoms with Gasteiger partial charge < -0.3 is 10.5 Å². The van der Waals surface area contributed by atoms with E-state index >= 15 is 0 Å². The van der Waals surface area contributed by atoms with Crippen molar-refractivity contribution in [3.8, 4) is 0 Å². The molecule has 1 amide bonds. The van der Waals surface area contributed by atoms with E-state index < -0.39 is 11.5 Å². The maximum absolute atomic E-state index is 11.0. The lowest BCUT2D eigenvalue weighted by Gasteiger charge is -2.00. The first-order valence-corrected chi connectivity index (χ1v) is 4.58. The molecule has 1 aliphatic heterocycles. The molecule has 1 aromatic rings. The topological polar surface area (TPSA) is 55.6 Å². The highest BCUT2D eigenvalue weighted by atomic mass is 16.6. The van der Waals surface area contributed by atoms with E-state index in [0.717, 1.165) is 5.56 Å². The summed E-state index contributed by atoms with van der Waals surface area (Å²) >= 11 is 0. The van der Waals surface area contributed by atoms with Crippen molar-refractivity contribution in [2.24, 2.45) is 5.73 Å². The van der Waals surface area contributed by atoms with Crippen molar-refractivity contribution in [3.05, 3.63) is 35.4 Å². The van der Waals surface area contributed by atoms with Crippen molar-refractivity contribution in [1.29, 1.82) is 0 Å². The third kappa shape index (κ3) is 1.30. The second-order valence-corrected chi connectivity index (χ2v) is 3.88. The Labute approximate surface area is 82.9 Å². The molecule has 0 bridgehead atoms. The fourth-order valence-corrected chi connectivity index (χ4v) is 1.53. The number of primary amides is 1. The molecule has 0 unspecified atom stereocenters. The van der Waals surface area contributed by atoms with Gasteiger partial charge in [-0.15, -0.1) is 0 Å². The number of carbonyl (C=O) groups is 1. The van der Waals surface area contributed by atoms with E-state index in [9.17, 15) is 4.79 Å². The Bertz CT molecular complexity index is 371. The monoisotopic (exact) mass is 191 g/mol. The van der Waals surface area contributed by atoms with Crippen molar-refractivity contribution >= 4 is 5.91 Å². The molecule has 0 spiro atoms. The van der Waals surface area contributed by atoms with Crippen molar-refractivity contribution < 1.29 is 9.53 Å². The summed E-state index contributed by atoms with van der Waals surface area (Å²) in [5.74, 6) is -0.400. The van der Waals surface area contributed by atoms with Crippen LogP contribution in [0.1, 0.15) is 24.2 Å². The molecular weight excluding hydrogens is 178 g/mol. The molecule has 1 aliphatic rings. The van der Waals surface area contributed by atoms with Gasteiger partial charge in [0.15, 0.2) is 5.60 Å². The van der Waals surface area contributed by atoms with E-state index in [1.807, 2.05) is 31.2 Å². The average molecular weight is 191 g/mol. The molecule has 1 heterocycles. The summed E-state index contributed by atoms with van der Waals surface area (Å²) in [6.07, 6.45) is -0.166. The SMILES string of the molecule is Cc1ccc([C@@H]2O[C@@]2(C)C(N)=O)cc1. The maximum Gasteiger partial charge on any atom is 0.252 e. The Morgan fingerprint density at radius 1 is 1.43 bits per heavy atom. The lowest BCUT2D eigenvalue weighted by atomic mass is 10.00. The first-order chi connectivity index (χ1) is 6.54. The molecule has 2 N–H and O–H groups in total. The average Bonchev–Trinajstić information content (AvgIpc) is 2.81. The van der Waals surface area contributed by atoms with Crippen molar-refractivity contribution in [3.63, 3.8) is 0 Å². The van der Waals surface area contributed by atoms with E-state index in [0.29, 0.717) is 0 Å². The summed E-state index contributed by atoms with van der Waals surface area (Å²) in [6.45, 7) is 3.74. The standard InChI is InChI=1S/C11H13NO2/c1-7-3-5-8(6-4-7)9-11(2,14-9)10(12)13/h3-6,9H,1-2H3,(H2,12,13)/t9-,11+/m0/s1. The fourth-order valence-electron chi connectivity index (χ4n) is 1.53. The first-order valence-electron chi connectivity index (χ1n) is 4.58. The molecule has 74 valence electrons.